The second kappa shape index (κ2) is 4.92. The molecule has 2 unspecified atom stereocenters. The van der Waals surface area contributed by atoms with E-state index in [1.165, 1.54) is 5.56 Å². The first-order chi connectivity index (χ1) is 8.10. The van der Waals surface area contributed by atoms with Crippen LogP contribution >= 0.6 is 0 Å². The smallest absolute Gasteiger partial charge is 0.127 e. The quantitative estimate of drug-likeness (QED) is 0.822. The maximum absolute atomic E-state index is 5.68. The number of nitrogens with one attached hydrogen (secondary N) is 1. The minimum Gasteiger partial charge on any atom is -0.496 e. The first-order valence-electron chi connectivity index (χ1n) is 6.15. The van der Waals surface area contributed by atoms with Crippen molar-refractivity contribution < 1.29 is 4.74 Å². The Balaban J connectivity index is 2.26. The van der Waals surface area contributed by atoms with Crippen LogP contribution in [0.4, 0.5) is 5.82 Å². The molecule has 0 radical (unpaired) electrons. The summed E-state index contributed by atoms with van der Waals surface area (Å²) in [6.45, 7) is 4.44. The summed E-state index contributed by atoms with van der Waals surface area (Å²) in [7, 11) is 1.69. The Hall–Kier alpha value is -1.29. The van der Waals surface area contributed by atoms with Crippen molar-refractivity contribution in [3.05, 3.63) is 17.8 Å². The van der Waals surface area contributed by atoms with Crippen LogP contribution in [0.2, 0.25) is 0 Å². The zero-order valence-electron chi connectivity index (χ0n) is 10.7. The lowest BCUT2D eigenvalue weighted by molar-refractivity contribution is 0.309. The number of anilines is 1. The third kappa shape index (κ3) is 2.69. The Morgan fingerprint density at radius 2 is 2.00 bits per heavy atom. The second-order valence-electron chi connectivity index (χ2n) is 4.99. The lowest BCUT2D eigenvalue weighted by Gasteiger charge is -2.33. The van der Waals surface area contributed by atoms with Crippen molar-refractivity contribution >= 4 is 5.82 Å². The van der Waals surface area contributed by atoms with E-state index in [2.05, 4.69) is 24.1 Å². The Morgan fingerprint density at radius 3 is 2.59 bits per heavy atom. The van der Waals surface area contributed by atoms with E-state index in [-0.39, 0.29) is 0 Å². The molecule has 4 nitrogen and oxygen atoms in total. The molecular formula is C13H21N3O. The summed E-state index contributed by atoms with van der Waals surface area (Å²) < 4.78 is 5.41. The van der Waals surface area contributed by atoms with Crippen LogP contribution in [0, 0.1) is 0 Å². The SMILES string of the molecule is COc1cc(N)ncc1C1CC(C)NC(C)C1. The van der Waals surface area contributed by atoms with Crippen molar-refractivity contribution in [1.29, 1.82) is 0 Å². The van der Waals surface area contributed by atoms with E-state index in [1.807, 2.05) is 12.3 Å². The summed E-state index contributed by atoms with van der Waals surface area (Å²) in [6.07, 6.45) is 4.10. The predicted octanol–water partition coefficient (Wildman–Crippen LogP) is 1.92. The van der Waals surface area contributed by atoms with Crippen LogP contribution in [0.15, 0.2) is 12.3 Å². The maximum atomic E-state index is 5.68. The third-order valence-electron chi connectivity index (χ3n) is 3.42. The first-order valence-corrected chi connectivity index (χ1v) is 6.15. The summed E-state index contributed by atoms with van der Waals surface area (Å²) in [5.41, 5.74) is 6.87. The highest BCUT2D eigenvalue weighted by Crippen LogP contribution is 2.35. The predicted molar refractivity (Wildman–Crippen MR) is 69.2 cm³/mol. The molecule has 0 aliphatic carbocycles. The van der Waals surface area contributed by atoms with Crippen LogP contribution in [-0.4, -0.2) is 24.2 Å². The summed E-state index contributed by atoms with van der Waals surface area (Å²) in [5, 5.41) is 3.54. The van der Waals surface area contributed by atoms with E-state index in [4.69, 9.17) is 10.5 Å². The highest BCUT2D eigenvalue weighted by molar-refractivity contribution is 5.43. The van der Waals surface area contributed by atoms with Gasteiger partial charge in [0.2, 0.25) is 0 Å². The van der Waals surface area contributed by atoms with Crippen LogP contribution in [0.3, 0.4) is 0 Å². The first kappa shape index (κ1) is 12.2. The van der Waals surface area contributed by atoms with Gasteiger partial charge in [0.1, 0.15) is 11.6 Å². The number of rotatable bonds is 2. The molecular weight excluding hydrogens is 214 g/mol. The molecule has 0 amide bonds. The van der Waals surface area contributed by atoms with Crippen LogP contribution < -0.4 is 15.8 Å². The lowest BCUT2D eigenvalue weighted by Crippen LogP contribution is -2.41. The zero-order chi connectivity index (χ0) is 12.4. The number of nitrogens with two attached hydrogens (primary N) is 1. The zero-order valence-corrected chi connectivity index (χ0v) is 10.7. The Morgan fingerprint density at radius 1 is 1.35 bits per heavy atom. The van der Waals surface area contributed by atoms with E-state index in [1.54, 1.807) is 7.11 Å². The molecule has 0 aromatic carbocycles. The van der Waals surface area contributed by atoms with Gasteiger partial charge in [-0.15, -0.1) is 0 Å². The molecule has 4 heteroatoms. The van der Waals surface area contributed by atoms with Crippen molar-refractivity contribution in [2.75, 3.05) is 12.8 Å². The monoisotopic (exact) mass is 235 g/mol. The highest BCUT2D eigenvalue weighted by Gasteiger charge is 2.26. The number of pyridine rings is 1. The lowest BCUT2D eigenvalue weighted by atomic mass is 9.84. The molecule has 2 rings (SSSR count). The van der Waals surface area contributed by atoms with Gasteiger partial charge in [0.05, 0.1) is 7.11 Å². The number of nitrogens with zero attached hydrogens (tertiary/aromatic N) is 1. The van der Waals surface area contributed by atoms with Crippen LogP contribution in [-0.2, 0) is 0 Å². The normalized spacial score (nSPS) is 29.0. The Kier molecular flexibility index (Phi) is 3.52. The molecule has 94 valence electrons. The van der Waals surface area contributed by atoms with Crippen LogP contribution in [0.1, 0.15) is 38.2 Å². The van der Waals surface area contributed by atoms with E-state index in [9.17, 15) is 0 Å². The standard InChI is InChI=1S/C13H21N3O/c1-8-4-10(5-9(2)16-8)11-7-15-13(14)6-12(11)17-3/h6-10,16H,4-5H2,1-3H3,(H2,14,15). The number of piperidine rings is 1. The summed E-state index contributed by atoms with van der Waals surface area (Å²) in [4.78, 5) is 4.19. The minimum absolute atomic E-state index is 0.504. The van der Waals surface area contributed by atoms with Gasteiger partial charge in [-0.25, -0.2) is 4.98 Å². The van der Waals surface area contributed by atoms with E-state index in [0.717, 1.165) is 18.6 Å². The minimum atomic E-state index is 0.504. The molecule has 1 aliphatic heterocycles. The fraction of sp³-hybridized carbons (Fsp3) is 0.615. The third-order valence-corrected chi connectivity index (χ3v) is 3.42. The molecule has 1 aromatic heterocycles. The molecule has 1 saturated heterocycles. The van der Waals surface area contributed by atoms with Crippen molar-refractivity contribution in [2.24, 2.45) is 0 Å². The van der Waals surface area contributed by atoms with E-state index >= 15 is 0 Å². The van der Waals surface area contributed by atoms with Crippen molar-refractivity contribution in [2.45, 2.75) is 44.7 Å². The van der Waals surface area contributed by atoms with Gasteiger partial charge in [0.15, 0.2) is 0 Å². The summed E-state index contributed by atoms with van der Waals surface area (Å²) >= 11 is 0. The molecule has 0 bridgehead atoms. The van der Waals surface area contributed by atoms with Crippen molar-refractivity contribution in [1.82, 2.24) is 10.3 Å². The fourth-order valence-electron chi connectivity index (χ4n) is 2.77. The number of nitrogen functional groups attached to an aromatic ring is 1. The molecule has 3 N–H and O–H groups in total. The second-order valence-corrected chi connectivity index (χ2v) is 4.99. The fourth-order valence-corrected chi connectivity index (χ4v) is 2.77. The number of hydrogen-bond donors (Lipinski definition) is 2. The average Bonchev–Trinajstić information content (AvgIpc) is 2.27. The van der Waals surface area contributed by atoms with Gasteiger partial charge in [-0.1, -0.05) is 0 Å². The van der Waals surface area contributed by atoms with E-state index in [0.29, 0.717) is 23.8 Å². The Labute approximate surface area is 103 Å². The topological polar surface area (TPSA) is 60.2 Å². The molecule has 2 heterocycles. The molecule has 2 atom stereocenters. The summed E-state index contributed by atoms with van der Waals surface area (Å²) in [6, 6.07) is 2.88. The highest BCUT2D eigenvalue weighted by atomic mass is 16.5. The molecule has 0 saturated carbocycles. The van der Waals surface area contributed by atoms with Crippen LogP contribution in [0.25, 0.3) is 0 Å². The summed E-state index contributed by atoms with van der Waals surface area (Å²) in [5.74, 6) is 1.88. The molecule has 1 aromatic rings. The van der Waals surface area contributed by atoms with Gasteiger partial charge in [-0.3, -0.25) is 0 Å². The van der Waals surface area contributed by atoms with Crippen molar-refractivity contribution in [3.8, 4) is 5.75 Å². The number of methoxy groups -OCH3 is 1. The van der Waals surface area contributed by atoms with Crippen LogP contribution in [0.5, 0.6) is 5.75 Å². The largest absolute Gasteiger partial charge is 0.496 e. The van der Waals surface area contributed by atoms with Gasteiger partial charge >= 0.3 is 0 Å². The molecule has 17 heavy (non-hydrogen) atoms. The van der Waals surface area contributed by atoms with Crippen molar-refractivity contribution in [3.63, 3.8) is 0 Å². The van der Waals surface area contributed by atoms with Gasteiger partial charge in [0, 0.05) is 29.9 Å². The molecule has 1 aliphatic rings. The maximum Gasteiger partial charge on any atom is 0.127 e. The number of hydrogen-bond acceptors (Lipinski definition) is 4. The average molecular weight is 235 g/mol. The molecule has 1 fully saturated rings. The van der Waals surface area contributed by atoms with E-state index < -0.39 is 0 Å². The van der Waals surface area contributed by atoms with Gasteiger partial charge in [-0.05, 0) is 32.6 Å². The number of ether oxygens (including phenoxy) is 1. The Bertz CT molecular complexity index is 384. The number of aromatic nitrogens is 1. The van der Waals surface area contributed by atoms with Gasteiger partial charge < -0.3 is 15.8 Å². The molecule has 0 spiro atoms. The van der Waals surface area contributed by atoms with Gasteiger partial charge in [0.25, 0.3) is 0 Å². The van der Waals surface area contributed by atoms with Gasteiger partial charge in [-0.2, -0.15) is 0 Å².